The highest BCUT2D eigenvalue weighted by Gasteiger charge is 2.27. The van der Waals surface area contributed by atoms with Gasteiger partial charge in [0.2, 0.25) is 5.91 Å². The van der Waals surface area contributed by atoms with Crippen molar-refractivity contribution in [3.63, 3.8) is 0 Å². The molecule has 98 valence electrons. The van der Waals surface area contributed by atoms with Crippen molar-refractivity contribution in [2.24, 2.45) is 5.92 Å². The van der Waals surface area contributed by atoms with E-state index in [-0.39, 0.29) is 11.9 Å². The minimum Gasteiger partial charge on any atom is -0.323 e. The van der Waals surface area contributed by atoms with E-state index in [2.05, 4.69) is 33.5 Å². The van der Waals surface area contributed by atoms with Crippen molar-refractivity contribution in [2.75, 3.05) is 11.9 Å². The van der Waals surface area contributed by atoms with Gasteiger partial charge in [-0.05, 0) is 43.5 Å². The number of hydrogen-bond donors (Lipinski definition) is 2. The molecule has 0 aromatic heterocycles. The van der Waals surface area contributed by atoms with Crippen LogP contribution >= 0.6 is 27.5 Å². The molecular weight excluding hydrogens is 316 g/mol. The van der Waals surface area contributed by atoms with E-state index in [9.17, 15) is 4.79 Å². The first-order chi connectivity index (χ1) is 8.58. The minimum atomic E-state index is -0.126. The van der Waals surface area contributed by atoms with Gasteiger partial charge in [-0.25, -0.2) is 0 Å². The Bertz CT molecular complexity index is 453. The van der Waals surface area contributed by atoms with E-state index in [4.69, 9.17) is 11.6 Å². The number of hydrogen-bond acceptors (Lipinski definition) is 2. The van der Waals surface area contributed by atoms with E-state index in [0.29, 0.717) is 16.6 Å². The van der Waals surface area contributed by atoms with Crippen LogP contribution in [0.5, 0.6) is 0 Å². The molecular formula is C13H16BrClN2O. The second-order valence-electron chi connectivity index (χ2n) is 4.66. The molecule has 2 unspecified atom stereocenters. The molecule has 2 N–H and O–H groups in total. The smallest absolute Gasteiger partial charge is 0.241 e. The summed E-state index contributed by atoms with van der Waals surface area (Å²) in [6.45, 7) is 3.00. The standard InChI is InChI=1S/C13H16BrClN2O/c1-8-3-2-6-16-12(8)13(18)17-11-5-4-9(14)7-10(11)15/h4-5,7-8,12,16H,2-3,6H2,1H3,(H,17,18). The highest BCUT2D eigenvalue weighted by atomic mass is 79.9. The summed E-state index contributed by atoms with van der Waals surface area (Å²) in [4.78, 5) is 12.2. The molecule has 1 aliphatic rings. The first-order valence-electron chi connectivity index (χ1n) is 6.07. The van der Waals surface area contributed by atoms with E-state index >= 15 is 0 Å². The van der Waals surface area contributed by atoms with Gasteiger partial charge in [0.25, 0.3) is 0 Å². The van der Waals surface area contributed by atoms with Crippen LogP contribution in [0.4, 0.5) is 5.69 Å². The number of carbonyl (C=O) groups is 1. The highest BCUT2D eigenvalue weighted by molar-refractivity contribution is 9.10. The molecule has 3 nitrogen and oxygen atoms in total. The molecule has 2 rings (SSSR count). The van der Waals surface area contributed by atoms with Gasteiger partial charge in [-0.2, -0.15) is 0 Å². The summed E-state index contributed by atoms with van der Waals surface area (Å²) in [7, 11) is 0. The van der Waals surface area contributed by atoms with E-state index in [1.807, 2.05) is 6.07 Å². The van der Waals surface area contributed by atoms with Crippen LogP contribution in [0.15, 0.2) is 22.7 Å². The second kappa shape index (κ2) is 6.04. The number of anilines is 1. The van der Waals surface area contributed by atoms with Crippen LogP contribution < -0.4 is 10.6 Å². The van der Waals surface area contributed by atoms with Crippen molar-refractivity contribution < 1.29 is 4.79 Å². The number of nitrogens with one attached hydrogen (secondary N) is 2. The van der Waals surface area contributed by atoms with Crippen LogP contribution in [0.1, 0.15) is 19.8 Å². The third kappa shape index (κ3) is 3.25. The van der Waals surface area contributed by atoms with Gasteiger partial charge >= 0.3 is 0 Å². The van der Waals surface area contributed by atoms with Gasteiger partial charge in [0.1, 0.15) is 0 Å². The molecule has 1 aromatic carbocycles. The monoisotopic (exact) mass is 330 g/mol. The van der Waals surface area contributed by atoms with E-state index < -0.39 is 0 Å². The predicted octanol–water partition coefficient (Wildman–Crippen LogP) is 3.43. The van der Waals surface area contributed by atoms with Crippen molar-refractivity contribution in [1.82, 2.24) is 5.32 Å². The molecule has 0 saturated carbocycles. The van der Waals surface area contributed by atoms with Crippen molar-refractivity contribution in [1.29, 1.82) is 0 Å². The fraction of sp³-hybridized carbons (Fsp3) is 0.462. The molecule has 5 heteroatoms. The minimum absolute atomic E-state index is 0.00794. The van der Waals surface area contributed by atoms with Crippen LogP contribution in [-0.2, 0) is 4.79 Å². The SMILES string of the molecule is CC1CCCNC1C(=O)Nc1ccc(Br)cc1Cl. The molecule has 1 amide bonds. The second-order valence-corrected chi connectivity index (χ2v) is 5.99. The lowest BCUT2D eigenvalue weighted by atomic mass is 9.92. The van der Waals surface area contributed by atoms with Crippen LogP contribution in [0, 0.1) is 5.92 Å². The molecule has 0 aliphatic carbocycles. The zero-order valence-corrected chi connectivity index (χ0v) is 12.5. The fourth-order valence-electron chi connectivity index (χ4n) is 2.20. The summed E-state index contributed by atoms with van der Waals surface area (Å²) in [5.41, 5.74) is 0.657. The highest BCUT2D eigenvalue weighted by Crippen LogP contribution is 2.26. The average Bonchev–Trinajstić information content (AvgIpc) is 2.33. The van der Waals surface area contributed by atoms with Crippen molar-refractivity contribution >= 4 is 39.1 Å². The number of rotatable bonds is 2. The number of carbonyl (C=O) groups excluding carboxylic acids is 1. The molecule has 0 radical (unpaired) electrons. The Kier molecular flexibility index (Phi) is 4.65. The first-order valence-corrected chi connectivity index (χ1v) is 7.24. The van der Waals surface area contributed by atoms with Gasteiger partial charge < -0.3 is 10.6 Å². The Morgan fingerprint density at radius 2 is 2.33 bits per heavy atom. The van der Waals surface area contributed by atoms with Gasteiger partial charge in [0.15, 0.2) is 0 Å². The molecule has 1 fully saturated rings. The molecule has 0 bridgehead atoms. The van der Waals surface area contributed by atoms with Gasteiger partial charge in [-0.15, -0.1) is 0 Å². The average molecular weight is 332 g/mol. The van der Waals surface area contributed by atoms with Crippen LogP contribution in [-0.4, -0.2) is 18.5 Å². The summed E-state index contributed by atoms with van der Waals surface area (Å²) in [6, 6.07) is 5.31. The van der Waals surface area contributed by atoms with Crippen molar-refractivity contribution in [2.45, 2.75) is 25.8 Å². The lowest BCUT2D eigenvalue weighted by Gasteiger charge is -2.29. The zero-order chi connectivity index (χ0) is 13.1. The summed E-state index contributed by atoms with van der Waals surface area (Å²) in [5.74, 6) is 0.347. The predicted molar refractivity (Wildman–Crippen MR) is 78.0 cm³/mol. The number of piperidine rings is 1. The quantitative estimate of drug-likeness (QED) is 0.872. The maximum atomic E-state index is 12.2. The third-order valence-electron chi connectivity index (χ3n) is 3.24. The Morgan fingerprint density at radius 3 is 3.00 bits per heavy atom. The maximum absolute atomic E-state index is 12.2. The van der Waals surface area contributed by atoms with Crippen LogP contribution in [0.2, 0.25) is 5.02 Å². The van der Waals surface area contributed by atoms with Gasteiger partial charge in [-0.3, -0.25) is 4.79 Å². The lowest BCUT2D eigenvalue weighted by Crippen LogP contribution is -2.48. The topological polar surface area (TPSA) is 41.1 Å². The molecule has 2 atom stereocenters. The first kappa shape index (κ1) is 13.8. The normalized spacial score (nSPS) is 23.7. The van der Waals surface area contributed by atoms with Crippen molar-refractivity contribution in [3.05, 3.63) is 27.7 Å². The van der Waals surface area contributed by atoms with Gasteiger partial charge in [0, 0.05) is 4.47 Å². The lowest BCUT2D eigenvalue weighted by molar-refractivity contribution is -0.119. The molecule has 1 saturated heterocycles. The molecule has 18 heavy (non-hydrogen) atoms. The molecule has 1 aliphatic heterocycles. The Morgan fingerprint density at radius 1 is 1.56 bits per heavy atom. The Labute approximate surface area is 120 Å². The molecule has 1 aromatic rings. The molecule has 1 heterocycles. The summed E-state index contributed by atoms with van der Waals surface area (Å²) < 4.78 is 0.898. The fourth-order valence-corrected chi connectivity index (χ4v) is 2.92. The largest absolute Gasteiger partial charge is 0.323 e. The van der Waals surface area contributed by atoms with E-state index in [1.54, 1.807) is 12.1 Å². The number of halogens is 2. The van der Waals surface area contributed by atoms with Gasteiger partial charge in [-0.1, -0.05) is 34.5 Å². The third-order valence-corrected chi connectivity index (χ3v) is 4.05. The summed E-state index contributed by atoms with van der Waals surface area (Å²) in [6.07, 6.45) is 2.21. The van der Waals surface area contributed by atoms with E-state index in [1.165, 1.54) is 0 Å². The Hall–Kier alpha value is -0.580. The van der Waals surface area contributed by atoms with E-state index in [0.717, 1.165) is 23.9 Å². The number of benzene rings is 1. The van der Waals surface area contributed by atoms with Crippen LogP contribution in [0.3, 0.4) is 0 Å². The van der Waals surface area contributed by atoms with Crippen LogP contribution in [0.25, 0.3) is 0 Å². The number of amides is 1. The van der Waals surface area contributed by atoms with Crippen molar-refractivity contribution in [3.8, 4) is 0 Å². The zero-order valence-electron chi connectivity index (χ0n) is 10.2. The Balaban J connectivity index is 2.06. The van der Waals surface area contributed by atoms with Gasteiger partial charge in [0.05, 0.1) is 16.8 Å². The summed E-state index contributed by atoms with van der Waals surface area (Å²) >= 11 is 9.42. The maximum Gasteiger partial charge on any atom is 0.241 e. The molecule has 0 spiro atoms. The summed E-state index contributed by atoms with van der Waals surface area (Å²) in [5, 5.41) is 6.68.